The van der Waals surface area contributed by atoms with Crippen LogP contribution in [0.3, 0.4) is 0 Å². The van der Waals surface area contributed by atoms with Crippen LogP contribution in [0, 0.1) is 6.92 Å². The molecular weight excluding hydrogens is 280 g/mol. The van der Waals surface area contributed by atoms with Gasteiger partial charge >= 0.3 is 0 Å². The molecule has 2 aromatic rings. The lowest BCUT2D eigenvalue weighted by Gasteiger charge is -2.10. The van der Waals surface area contributed by atoms with Crippen LogP contribution in [0.5, 0.6) is 5.75 Å². The molecule has 0 saturated carbocycles. The van der Waals surface area contributed by atoms with E-state index >= 15 is 0 Å². The van der Waals surface area contributed by atoms with Crippen LogP contribution in [-0.4, -0.2) is 24.1 Å². The van der Waals surface area contributed by atoms with E-state index < -0.39 is 0 Å². The van der Waals surface area contributed by atoms with Crippen molar-refractivity contribution in [3.63, 3.8) is 0 Å². The maximum absolute atomic E-state index is 10.1. The van der Waals surface area contributed by atoms with Crippen molar-refractivity contribution in [1.29, 1.82) is 0 Å². The second kappa shape index (κ2) is 8.11. The molecule has 0 aliphatic heterocycles. The quantitative estimate of drug-likeness (QED) is 0.781. The van der Waals surface area contributed by atoms with Crippen molar-refractivity contribution in [3.05, 3.63) is 59.7 Å². The molecule has 0 aromatic heterocycles. The highest BCUT2D eigenvalue weighted by Crippen LogP contribution is 2.21. The Morgan fingerprint density at radius 1 is 1.05 bits per heavy atom. The molecule has 1 unspecified atom stereocenters. The number of hydrogen-bond donors (Lipinski definition) is 1. The van der Waals surface area contributed by atoms with E-state index in [4.69, 9.17) is 4.74 Å². The summed E-state index contributed by atoms with van der Waals surface area (Å²) in [5.41, 5.74) is 2.49. The molecule has 0 heterocycles. The fourth-order valence-corrected chi connectivity index (χ4v) is 2.92. The number of aryl methyl sites for hydroxylation is 2. The minimum atomic E-state index is -0.279. The van der Waals surface area contributed by atoms with Crippen molar-refractivity contribution in [2.24, 2.45) is 0 Å². The third-order valence-electron chi connectivity index (χ3n) is 3.39. The maximum atomic E-state index is 10.1. The molecular formula is C18H22O2S. The Labute approximate surface area is 131 Å². The summed E-state index contributed by atoms with van der Waals surface area (Å²) in [6, 6.07) is 16.5. The highest BCUT2D eigenvalue weighted by molar-refractivity contribution is 7.99. The summed E-state index contributed by atoms with van der Waals surface area (Å²) in [7, 11) is 1.67. The first-order chi connectivity index (χ1) is 10.2. The fraction of sp³-hybridized carbons (Fsp3) is 0.333. The van der Waals surface area contributed by atoms with Crippen molar-refractivity contribution in [3.8, 4) is 5.75 Å². The maximum Gasteiger partial charge on any atom is 0.118 e. The van der Waals surface area contributed by atoms with E-state index in [1.165, 1.54) is 16.0 Å². The second-order valence-electron chi connectivity index (χ2n) is 5.16. The van der Waals surface area contributed by atoms with Gasteiger partial charge in [0.2, 0.25) is 0 Å². The Kier molecular flexibility index (Phi) is 6.15. The Bertz CT molecular complexity index is 534. The van der Waals surface area contributed by atoms with E-state index in [2.05, 4.69) is 43.3 Å². The van der Waals surface area contributed by atoms with Gasteiger partial charge in [0.25, 0.3) is 0 Å². The van der Waals surface area contributed by atoms with Crippen LogP contribution in [-0.2, 0) is 6.42 Å². The molecule has 2 rings (SSSR count). The van der Waals surface area contributed by atoms with Gasteiger partial charge in [-0.25, -0.2) is 0 Å². The van der Waals surface area contributed by atoms with Crippen LogP contribution in [0.1, 0.15) is 17.5 Å². The minimum absolute atomic E-state index is 0.279. The predicted octanol–water partition coefficient (Wildman–Crippen LogP) is 4.09. The summed E-state index contributed by atoms with van der Waals surface area (Å²) in [4.78, 5) is 1.21. The van der Waals surface area contributed by atoms with Crippen molar-refractivity contribution in [1.82, 2.24) is 0 Å². The van der Waals surface area contributed by atoms with Gasteiger partial charge in [0.15, 0.2) is 0 Å². The van der Waals surface area contributed by atoms with E-state index in [0.717, 1.165) is 24.3 Å². The van der Waals surface area contributed by atoms with E-state index in [9.17, 15) is 5.11 Å². The Morgan fingerprint density at radius 2 is 1.71 bits per heavy atom. The van der Waals surface area contributed by atoms with Gasteiger partial charge in [-0.3, -0.25) is 0 Å². The molecule has 3 heteroatoms. The summed E-state index contributed by atoms with van der Waals surface area (Å²) < 4.78 is 5.14. The van der Waals surface area contributed by atoms with Crippen molar-refractivity contribution in [2.45, 2.75) is 30.8 Å². The third kappa shape index (κ3) is 5.44. The topological polar surface area (TPSA) is 29.5 Å². The zero-order valence-electron chi connectivity index (χ0n) is 12.6. The summed E-state index contributed by atoms with van der Waals surface area (Å²) in [6.07, 6.45) is 1.39. The number of benzene rings is 2. The molecule has 0 amide bonds. The monoisotopic (exact) mass is 302 g/mol. The number of ether oxygens (including phenoxy) is 1. The lowest BCUT2D eigenvalue weighted by Crippen LogP contribution is -2.11. The average molecular weight is 302 g/mol. The fourth-order valence-electron chi connectivity index (χ4n) is 2.04. The standard InChI is InChI=1S/C18H22O2S/c1-14-3-11-18(12-4-14)21-13-16(19)8-5-15-6-9-17(20-2)10-7-15/h3-4,6-7,9-12,16,19H,5,8,13H2,1-2H3. The van der Waals surface area contributed by atoms with Crippen LogP contribution in [0.2, 0.25) is 0 Å². The molecule has 2 aromatic carbocycles. The lowest BCUT2D eigenvalue weighted by molar-refractivity contribution is 0.189. The molecule has 0 bridgehead atoms. The normalized spacial score (nSPS) is 12.1. The van der Waals surface area contributed by atoms with Crippen LogP contribution >= 0.6 is 11.8 Å². The highest BCUT2D eigenvalue weighted by Gasteiger charge is 2.06. The molecule has 0 radical (unpaired) electrons. The summed E-state index contributed by atoms with van der Waals surface area (Å²) >= 11 is 1.71. The molecule has 1 N–H and O–H groups in total. The SMILES string of the molecule is COc1ccc(CCC(O)CSc2ccc(C)cc2)cc1. The van der Waals surface area contributed by atoms with Gasteiger partial charge in [-0.05, 0) is 49.6 Å². The Hall–Kier alpha value is -1.45. The minimum Gasteiger partial charge on any atom is -0.497 e. The lowest BCUT2D eigenvalue weighted by atomic mass is 10.1. The molecule has 2 nitrogen and oxygen atoms in total. The molecule has 112 valence electrons. The van der Waals surface area contributed by atoms with E-state index in [-0.39, 0.29) is 6.10 Å². The van der Waals surface area contributed by atoms with Crippen molar-refractivity contribution in [2.75, 3.05) is 12.9 Å². The first-order valence-electron chi connectivity index (χ1n) is 7.18. The van der Waals surface area contributed by atoms with Gasteiger partial charge in [0.1, 0.15) is 5.75 Å². The van der Waals surface area contributed by atoms with E-state index in [1.54, 1.807) is 18.9 Å². The summed E-state index contributed by atoms with van der Waals surface area (Å²) in [5.74, 6) is 1.60. The van der Waals surface area contributed by atoms with Gasteiger partial charge in [-0.2, -0.15) is 0 Å². The summed E-state index contributed by atoms with van der Waals surface area (Å²) in [6.45, 7) is 2.08. The van der Waals surface area contributed by atoms with Crippen LogP contribution in [0.25, 0.3) is 0 Å². The first-order valence-corrected chi connectivity index (χ1v) is 8.16. The van der Waals surface area contributed by atoms with Gasteiger partial charge < -0.3 is 9.84 Å². The third-order valence-corrected chi connectivity index (χ3v) is 4.55. The first kappa shape index (κ1) is 15.9. The molecule has 0 saturated heterocycles. The smallest absolute Gasteiger partial charge is 0.118 e. The molecule has 0 spiro atoms. The van der Waals surface area contributed by atoms with Crippen LogP contribution in [0.4, 0.5) is 0 Å². The van der Waals surface area contributed by atoms with Crippen LogP contribution in [0.15, 0.2) is 53.4 Å². The zero-order chi connectivity index (χ0) is 15.1. The van der Waals surface area contributed by atoms with Crippen molar-refractivity contribution >= 4 is 11.8 Å². The number of aliphatic hydroxyl groups is 1. The van der Waals surface area contributed by atoms with Gasteiger partial charge in [0, 0.05) is 10.6 Å². The number of hydrogen-bond acceptors (Lipinski definition) is 3. The predicted molar refractivity (Wildman–Crippen MR) is 89.2 cm³/mol. The molecule has 0 fully saturated rings. The van der Waals surface area contributed by atoms with E-state index in [0.29, 0.717) is 0 Å². The van der Waals surface area contributed by atoms with Gasteiger partial charge in [-0.15, -0.1) is 11.8 Å². The van der Waals surface area contributed by atoms with Gasteiger partial charge in [-0.1, -0.05) is 29.8 Å². The number of rotatable bonds is 7. The Morgan fingerprint density at radius 3 is 2.33 bits per heavy atom. The second-order valence-corrected chi connectivity index (χ2v) is 6.26. The summed E-state index contributed by atoms with van der Waals surface area (Å²) in [5, 5.41) is 10.1. The van der Waals surface area contributed by atoms with E-state index in [1.807, 2.05) is 12.1 Å². The number of thioether (sulfide) groups is 1. The molecule has 0 aliphatic rings. The van der Waals surface area contributed by atoms with Crippen molar-refractivity contribution < 1.29 is 9.84 Å². The number of methoxy groups -OCH3 is 1. The zero-order valence-corrected chi connectivity index (χ0v) is 13.4. The Balaban J connectivity index is 1.73. The molecule has 21 heavy (non-hydrogen) atoms. The highest BCUT2D eigenvalue weighted by atomic mass is 32.2. The molecule has 1 atom stereocenters. The van der Waals surface area contributed by atoms with Crippen LogP contribution < -0.4 is 4.74 Å². The largest absolute Gasteiger partial charge is 0.497 e. The number of aliphatic hydroxyl groups excluding tert-OH is 1. The molecule has 0 aliphatic carbocycles. The average Bonchev–Trinajstić information content (AvgIpc) is 2.53. The van der Waals surface area contributed by atoms with Gasteiger partial charge in [0.05, 0.1) is 13.2 Å².